The Labute approximate surface area is 98.2 Å². The van der Waals surface area contributed by atoms with Gasteiger partial charge in [-0.05, 0) is 13.1 Å². The topological polar surface area (TPSA) is 66.4 Å². The number of halogens is 2. The zero-order valence-corrected chi connectivity index (χ0v) is 10.2. The maximum Gasteiger partial charge on any atom is 0.181 e. The van der Waals surface area contributed by atoms with Crippen molar-refractivity contribution in [3.8, 4) is 0 Å². The van der Waals surface area contributed by atoms with Gasteiger partial charge in [-0.1, -0.05) is 6.07 Å². The monoisotopic (exact) mass is 265 g/mol. The van der Waals surface area contributed by atoms with Gasteiger partial charge in [0.15, 0.2) is 15.7 Å². The van der Waals surface area contributed by atoms with Gasteiger partial charge in [-0.3, -0.25) is 0 Å². The third-order valence-corrected chi connectivity index (χ3v) is 3.32. The molecule has 0 fully saturated rings. The lowest BCUT2D eigenvalue weighted by atomic mass is 10.1. The zero-order chi connectivity index (χ0) is 13.2. The number of rotatable bonds is 4. The molecule has 0 spiro atoms. The van der Waals surface area contributed by atoms with Crippen LogP contribution >= 0.6 is 0 Å². The Morgan fingerprint density at radius 3 is 2.47 bits per heavy atom. The smallest absolute Gasteiger partial charge is 0.181 e. The van der Waals surface area contributed by atoms with Crippen LogP contribution in [0.15, 0.2) is 17.0 Å². The second kappa shape index (κ2) is 5.07. The average Bonchev–Trinajstić information content (AvgIpc) is 2.15. The Kier molecular flexibility index (Phi) is 4.18. The molecule has 0 aliphatic carbocycles. The summed E-state index contributed by atoms with van der Waals surface area (Å²) in [5.41, 5.74) is -0.249. The summed E-state index contributed by atoms with van der Waals surface area (Å²) in [6, 6.07) is 1.86. The van der Waals surface area contributed by atoms with Gasteiger partial charge in [0.25, 0.3) is 0 Å². The van der Waals surface area contributed by atoms with Gasteiger partial charge in [0.1, 0.15) is 10.7 Å². The number of sulfone groups is 1. The molecule has 0 heterocycles. The molecule has 0 bridgehead atoms. The number of aliphatic hydroxyl groups excluding tert-OH is 1. The highest BCUT2D eigenvalue weighted by atomic mass is 32.2. The lowest BCUT2D eigenvalue weighted by molar-refractivity contribution is 0.172. The van der Waals surface area contributed by atoms with Crippen LogP contribution in [-0.4, -0.2) is 33.4 Å². The zero-order valence-electron chi connectivity index (χ0n) is 9.37. The van der Waals surface area contributed by atoms with E-state index in [0.717, 1.165) is 12.1 Å². The van der Waals surface area contributed by atoms with Gasteiger partial charge < -0.3 is 10.4 Å². The Balaban J connectivity index is 3.39. The van der Waals surface area contributed by atoms with Crippen molar-refractivity contribution in [2.75, 3.05) is 19.8 Å². The second-order valence-electron chi connectivity index (χ2n) is 3.63. The lowest BCUT2D eigenvalue weighted by Crippen LogP contribution is -2.19. The standard InChI is InChI=1S/C10H13F2NO3S/c1-13-5-8(14)6-3-4-7(11)10(9(6)12)17(2,15)16/h3-4,8,13-14H,5H2,1-2H3. The molecule has 4 nitrogen and oxygen atoms in total. The van der Waals surface area contributed by atoms with Crippen molar-refractivity contribution in [1.29, 1.82) is 0 Å². The highest BCUT2D eigenvalue weighted by Gasteiger charge is 2.24. The van der Waals surface area contributed by atoms with Gasteiger partial charge in [0.2, 0.25) is 0 Å². The normalized spacial score (nSPS) is 13.7. The van der Waals surface area contributed by atoms with Crippen LogP contribution in [0.5, 0.6) is 0 Å². The molecule has 7 heteroatoms. The first-order valence-electron chi connectivity index (χ1n) is 4.79. The molecule has 1 aromatic carbocycles. The van der Waals surface area contributed by atoms with Crippen molar-refractivity contribution in [3.63, 3.8) is 0 Å². The third-order valence-electron chi connectivity index (χ3n) is 2.21. The Morgan fingerprint density at radius 2 is 2.00 bits per heavy atom. The van der Waals surface area contributed by atoms with E-state index in [1.807, 2.05) is 0 Å². The third kappa shape index (κ3) is 2.99. The first-order valence-corrected chi connectivity index (χ1v) is 6.68. The molecule has 0 aliphatic heterocycles. The molecule has 0 saturated carbocycles. The van der Waals surface area contributed by atoms with Gasteiger partial charge in [-0.2, -0.15) is 0 Å². The maximum atomic E-state index is 13.8. The predicted octanol–water partition coefficient (Wildman–Crippen LogP) is 0.621. The van der Waals surface area contributed by atoms with Crippen LogP contribution in [0.1, 0.15) is 11.7 Å². The summed E-state index contributed by atoms with van der Waals surface area (Å²) in [7, 11) is -2.47. The van der Waals surface area contributed by atoms with Crippen LogP contribution in [0.25, 0.3) is 0 Å². The van der Waals surface area contributed by atoms with Gasteiger partial charge in [-0.15, -0.1) is 0 Å². The van der Waals surface area contributed by atoms with Crippen LogP contribution < -0.4 is 5.32 Å². The van der Waals surface area contributed by atoms with E-state index < -0.39 is 32.5 Å². The minimum absolute atomic E-state index is 0.0335. The number of aliphatic hydroxyl groups is 1. The van der Waals surface area contributed by atoms with E-state index >= 15 is 0 Å². The summed E-state index contributed by atoms with van der Waals surface area (Å²) in [6.07, 6.45) is -0.524. The predicted molar refractivity (Wildman–Crippen MR) is 58.4 cm³/mol. The van der Waals surface area contributed by atoms with Crippen molar-refractivity contribution in [1.82, 2.24) is 5.32 Å². The van der Waals surface area contributed by atoms with E-state index in [0.29, 0.717) is 6.26 Å². The van der Waals surface area contributed by atoms with Crippen LogP contribution in [0.3, 0.4) is 0 Å². The SMILES string of the molecule is CNCC(O)c1ccc(F)c(S(C)(=O)=O)c1F. The van der Waals surface area contributed by atoms with Crippen LogP contribution in [0.2, 0.25) is 0 Å². The summed E-state index contributed by atoms with van der Waals surface area (Å²) < 4.78 is 49.5. The molecule has 1 unspecified atom stereocenters. The fraction of sp³-hybridized carbons (Fsp3) is 0.400. The van der Waals surface area contributed by atoms with Gasteiger partial charge in [0, 0.05) is 18.4 Å². The van der Waals surface area contributed by atoms with Crippen LogP contribution in [0.4, 0.5) is 8.78 Å². The minimum atomic E-state index is -4.02. The fourth-order valence-electron chi connectivity index (χ4n) is 1.45. The quantitative estimate of drug-likeness (QED) is 0.837. The van der Waals surface area contributed by atoms with E-state index in [1.54, 1.807) is 7.05 Å². The molecule has 96 valence electrons. The van der Waals surface area contributed by atoms with E-state index in [9.17, 15) is 22.3 Å². The summed E-state index contributed by atoms with van der Waals surface area (Å²) >= 11 is 0. The lowest BCUT2D eigenvalue weighted by Gasteiger charge is -2.13. The molecule has 1 rings (SSSR count). The van der Waals surface area contributed by atoms with E-state index in [-0.39, 0.29) is 12.1 Å². The summed E-state index contributed by atoms with van der Waals surface area (Å²) in [5, 5.41) is 12.2. The molecular weight excluding hydrogens is 252 g/mol. The summed E-state index contributed by atoms with van der Waals surface area (Å²) in [6.45, 7) is 0.0335. The highest BCUT2D eigenvalue weighted by molar-refractivity contribution is 7.90. The Morgan fingerprint density at radius 1 is 1.41 bits per heavy atom. The number of benzene rings is 1. The second-order valence-corrected chi connectivity index (χ2v) is 5.58. The Bertz CT molecular complexity index is 517. The summed E-state index contributed by atoms with van der Waals surface area (Å²) in [4.78, 5) is -1.01. The number of likely N-dealkylation sites (N-methyl/N-ethyl adjacent to an activating group) is 1. The van der Waals surface area contributed by atoms with Gasteiger partial charge in [-0.25, -0.2) is 17.2 Å². The van der Waals surface area contributed by atoms with Gasteiger partial charge >= 0.3 is 0 Å². The molecule has 1 aromatic rings. The summed E-state index contributed by atoms with van der Waals surface area (Å²) in [5.74, 6) is -2.40. The van der Waals surface area contributed by atoms with Crippen molar-refractivity contribution < 1.29 is 22.3 Å². The molecule has 0 saturated heterocycles. The molecule has 0 amide bonds. The fourth-order valence-corrected chi connectivity index (χ4v) is 2.31. The van der Waals surface area contributed by atoms with Gasteiger partial charge in [0.05, 0.1) is 6.10 Å². The first-order chi connectivity index (χ1) is 7.79. The molecular formula is C10H13F2NO3S. The molecule has 0 aromatic heterocycles. The average molecular weight is 265 g/mol. The maximum absolute atomic E-state index is 13.8. The van der Waals surface area contributed by atoms with E-state index in [1.165, 1.54) is 0 Å². The van der Waals surface area contributed by atoms with Crippen molar-refractivity contribution in [2.24, 2.45) is 0 Å². The molecule has 2 N–H and O–H groups in total. The molecule has 0 radical (unpaired) electrons. The molecule has 17 heavy (non-hydrogen) atoms. The Hall–Kier alpha value is -1.05. The molecule has 1 atom stereocenters. The first kappa shape index (κ1) is 14.0. The van der Waals surface area contributed by atoms with Crippen molar-refractivity contribution in [2.45, 2.75) is 11.0 Å². The van der Waals surface area contributed by atoms with E-state index in [4.69, 9.17) is 0 Å². The highest BCUT2D eigenvalue weighted by Crippen LogP contribution is 2.25. The minimum Gasteiger partial charge on any atom is -0.387 e. The van der Waals surface area contributed by atoms with Crippen LogP contribution in [0, 0.1) is 11.6 Å². The number of nitrogens with one attached hydrogen (secondary N) is 1. The van der Waals surface area contributed by atoms with Crippen molar-refractivity contribution >= 4 is 9.84 Å². The van der Waals surface area contributed by atoms with Crippen LogP contribution in [-0.2, 0) is 9.84 Å². The van der Waals surface area contributed by atoms with E-state index in [2.05, 4.69) is 5.32 Å². The largest absolute Gasteiger partial charge is 0.387 e. The molecule has 0 aliphatic rings. The van der Waals surface area contributed by atoms with Crippen molar-refractivity contribution in [3.05, 3.63) is 29.3 Å². The number of hydrogen-bond donors (Lipinski definition) is 2. The number of hydrogen-bond acceptors (Lipinski definition) is 4.